The molecule has 30 heavy (non-hydrogen) atoms. The van der Waals surface area contributed by atoms with Gasteiger partial charge in [-0.2, -0.15) is 0 Å². The standard InChI is InChI=1S/C25H36O5/c1-18-11-20(13-21(12-18)29-14-19-5-3-2-4-6-19)25-8-7-24(25)16-23(24,17-30-25)9-10-28-15-22(26)27/h12-13,18-19H,2-11,14-17H2,1H3,(H,26,27). The van der Waals surface area contributed by atoms with Crippen molar-refractivity contribution in [2.45, 2.75) is 76.7 Å². The van der Waals surface area contributed by atoms with Gasteiger partial charge < -0.3 is 19.3 Å². The Kier molecular flexibility index (Phi) is 5.26. The summed E-state index contributed by atoms with van der Waals surface area (Å²) in [6, 6.07) is 0. The monoisotopic (exact) mass is 416 g/mol. The highest BCUT2D eigenvalue weighted by molar-refractivity contribution is 5.68. The molecule has 0 amide bonds. The quantitative estimate of drug-likeness (QED) is 0.544. The van der Waals surface area contributed by atoms with Crippen molar-refractivity contribution in [1.29, 1.82) is 0 Å². The van der Waals surface area contributed by atoms with Gasteiger partial charge in [0.05, 0.1) is 18.8 Å². The number of rotatable bonds is 9. The number of aliphatic carboxylic acids is 1. The highest BCUT2D eigenvalue weighted by atomic mass is 16.5. The molecule has 3 saturated carbocycles. The van der Waals surface area contributed by atoms with Crippen LogP contribution in [-0.2, 0) is 19.0 Å². The third-order valence-electron chi connectivity index (χ3n) is 8.79. The Labute approximate surface area is 179 Å². The van der Waals surface area contributed by atoms with Crippen molar-refractivity contribution < 1.29 is 24.1 Å². The van der Waals surface area contributed by atoms with E-state index < -0.39 is 5.97 Å². The first-order chi connectivity index (χ1) is 14.5. The number of carboxylic acids is 1. The van der Waals surface area contributed by atoms with E-state index in [-0.39, 0.29) is 23.0 Å². The number of hydrogen-bond acceptors (Lipinski definition) is 4. The largest absolute Gasteiger partial charge is 0.494 e. The van der Waals surface area contributed by atoms with Gasteiger partial charge in [-0.15, -0.1) is 0 Å². The number of allylic oxidation sites excluding steroid dienone is 2. The normalized spacial score (nSPS) is 40.0. The first-order valence-electron chi connectivity index (χ1n) is 12.0. The summed E-state index contributed by atoms with van der Waals surface area (Å²) in [5, 5.41) is 8.80. The number of carboxylic acid groups (broad SMARTS) is 1. The maximum Gasteiger partial charge on any atom is 0.329 e. The summed E-state index contributed by atoms with van der Waals surface area (Å²) in [7, 11) is 0. The second-order valence-electron chi connectivity index (χ2n) is 10.6. The molecule has 4 atom stereocenters. The summed E-state index contributed by atoms with van der Waals surface area (Å²) in [5.74, 6) is 1.35. The molecule has 4 fully saturated rings. The maximum absolute atomic E-state index is 10.7. The Hall–Kier alpha value is -1.33. The molecule has 0 aromatic carbocycles. The van der Waals surface area contributed by atoms with E-state index in [1.54, 1.807) is 0 Å². The van der Waals surface area contributed by atoms with E-state index in [1.807, 2.05) is 0 Å². The highest BCUT2D eigenvalue weighted by Crippen LogP contribution is 2.85. The second kappa shape index (κ2) is 7.67. The zero-order valence-electron chi connectivity index (χ0n) is 18.3. The fourth-order valence-electron chi connectivity index (χ4n) is 7.06. The average molecular weight is 417 g/mol. The van der Waals surface area contributed by atoms with Crippen molar-refractivity contribution in [3.63, 3.8) is 0 Å². The van der Waals surface area contributed by atoms with Crippen molar-refractivity contribution in [1.82, 2.24) is 0 Å². The molecule has 166 valence electrons. The summed E-state index contributed by atoms with van der Waals surface area (Å²) >= 11 is 0. The van der Waals surface area contributed by atoms with Gasteiger partial charge in [0.2, 0.25) is 0 Å². The minimum atomic E-state index is -0.896. The molecule has 0 radical (unpaired) electrons. The van der Waals surface area contributed by atoms with E-state index in [9.17, 15) is 4.79 Å². The van der Waals surface area contributed by atoms with Crippen LogP contribution in [0.2, 0.25) is 0 Å². The molecule has 1 spiro atoms. The predicted molar refractivity (Wildman–Crippen MR) is 113 cm³/mol. The SMILES string of the molecule is CC1C=C(OCC2CCCCC2)C=C(C23CCC24CC4(CCOCC(=O)O)CO3)C1. The van der Waals surface area contributed by atoms with Crippen LogP contribution in [0, 0.1) is 22.7 Å². The minimum Gasteiger partial charge on any atom is -0.494 e. The molecule has 5 aliphatic rings. The molecule has 5 heteroatoms. The molecular weight excluding hydrogens is 380 g/mol. The van der Waals surface area contributed by atoms with Gasteiger partial charge in [0, 0.05) is 17.4 Å². The summed E-state index contributed by atoms with van der Waals surface area (Å²) in [6.07, 6.45) is 16.8. The van der Waals surface area contributed by atoms with E-state index in [0.29, 0.717) is 18.4 Å². The van der Waals surface area contributed by atoms with Crippen LogP contribution in [0.5, 0.6) is 0 Å². The van der Waals surface area contributed by atoms with Crippen LogP contribution in [0.4, 0.5) is 0 Å². The van der Waals surface area contributed by atoms with Gasteiger partial charge in [-0.3, -0.25) is 0 Å². The van der Waals surface area contributed by atoms with Crippen molar-refractivity contribution in [3.8, 4) is 0 Å². The first-order valence-corrected chi connectivity index (χ1v) is 12.0. The highest BCUT2D eigenvalue weighted by Gasteiger charge is 2.85. The minimum absolute atomic E-state index is 0.109. The van der Waals surface area contributed by atoms with Gasteiger partial charge in [0.1, 0.15) is 12.4 Å². The molecule has 0 aromatic heterocycles. The van der Waals surface area contributed by atoms with Crippen LogP contribution in [0.25, 0.3) is 0 Å². The van der Waals surface area contributed by atoms with Crippen LogP contribution in [-0.4, -0.2) is 43.1 Å². The second-order valence-corrected chi connectivity index (χ2v) is 10.6. The van der Waals surface area contributed by atoms with Crippen molar-refractivity contribution in [2.75, 3.05) is 26.4 Å². The number of carbonyl (C=O) groups is 1. The Morgan fingerprint density at radius 1 is 1.27 bits per heavy atom. The van der Waals surface area contributed by atoms with Crippen LogP contribution in [0.15, 0.2) is 23.5 Å². The maximum atomic E-state index is 10.7. The van der Waals surface area contributed by atoms with Crippen molar-refractivity contribution in [3.05, 3.63) is 23.5 Å². The Morgan fingerprint density at radius 3 is 2.83 bits per heavy atom. The van der Waals surface area contributed by atoms with Crippen molar-refractivity contribution in [2.24, 2.45) is 22.7 Å². The Morgan fingerprint density at radius 2 is 2.10 bits per heavy atom. The molecule has 5 nitrogen and oxygen atoms in total. The zero-order valence-corrected chi connectivity index (χ0v) is 18.3. The first kappa shape index (κ1) is 20.6. The molecule has 1 aliphatic heterocycles. The van der Waals surface area contributed by atoms with Crippen LogP contribution >= 0.6 is 0 Å². The molecule has 1 saturated heterocycles. The van der Waals surface area contributed by atoms with Gasteiger partial charge >= 0.3 is 5.97 Å². The molecule has 5 rings (SSSR count). The zero-order chi connectivity index (χ0) is 20.8. The summed E-state index contributed by atoms with van der Waals surface area (Å²) in [4.78, 5) is 10.7. The average Bonchev–Trinajstić information content (AvgIpc) is 3.37. The number of ether oxygens (including phenoxy) is 3. The van der Waals surface area contributed by atoms with E-state index in [0.717, 1.165) is 38.2 Å². The van der Waals surface area contributed by atoms with Crippen molar-refractivity contribution >= 4 is 5.97 Å². The van der Waals surface area contributed by atoms with E-state index >= 15 is 0 Å². The lowest BCUT2D eigenvalue weighted by Gasteiger charge is -2.50. The van der Waals surface area contributed by atoms with Gasteiger partial charge in [-0.05, 0) is 74.5 Å². The molecule has 1 N–H and O–H groups in total. The van der Waals surface area contributed by atoms with Crippen LogP contribution < -0.4 is 0 Å². The van der Waals surface area contributed by atoms with E-state index in [2.05, 4.69) is 19.1 Å². The van der Waals surface area contributed by atoms with Crippen LogP contribution in [0.1, 0.15) is 71.1 Å². The number of hydrogen-bond donors (Lipinski definition) is 1. The lowest BCUT2D eigenvalue weighted by atomic mass is 9.58. The van der Waals surface area contributed by atoms with E-state index in [1.165, 1.54) is 50.5 Å². The summed E-state index contributed by atoms with van der Waals surface area (Å²) in [5.41, 5.74) is 1.78. The van der Waals surface area contributed by atoms with Gasteiger partial charge in [-0.25, -0.2) is 4.79 Å². The van der Waals surface area contributed by atoms with Crippen LogP contribution in [0.3, 0.4) is 0 Å². The van der Waals surface area contributed by atoms with Gasteiger partial charge in [0.25, 0.3) is 0 Å². The molecule has 0 aromatic rings. The fourth-order valence-corrected chi connectivity index (χ4v) is 7.06. The molecular formula is C25H36O5. The van der Waals surface area contributed by atoms with Gasteiger partial charge in [0.15, 0.2) is 0 Å². The molecule has 4 aliphatic carbocycles. The lowest BCUT2D eigenvalue weighted by molar-refractivity contribution is -0.142. The topological polar surface area (TPSA) is 65.0 Å². The van der Waals surface area contributed by atoms with E-state index in [4.69, 9.17) is 19.3 Å². The summed E-state index contributed by atoms with van der Waals surface area (Å²) in [6.45, 7) is 4.24. The fraction of sp³-hybridized carbons (Fsp3) is 0.800. The lowest BCUT2D eigenvalue weighted by Crippen LogP contribution is -2.51. The third-order valence-corrected chi connectivity index (χ3v) is 8.79. The Bertz CT molecular complexity index is 747. The third kappa shape index (κ3) is 3.24. The van der Waals surface area contributed by atoms with Gasteiger partial charge in [-0.1, -0.05) is 26.2 Å². The Balaban J connectivity index is 1.24. The summed E-state index contributed by atoms with van der Waals surface area (Å²) < 4.78 is 18.3. The molecule has 1 heterocycles. The predicted octanol–water partition coefficient (Wildman–Crippen LogP) is 4.86. The smallest absolute Gasteiger partial charge is 0.329 e. The molecule has 0 bridgehead atoms. The molecule has 4 unspecified atom stereocenters.